The largest absolute Gasteiger partial charge is 0.496 e. The Morgan fingerprint density at radius 2 is 2.06 bits per heavy atom. The summed E-state index contributed by atoms with van der Waals surface area (Å²) in [7, 11) is 1.60. The molecule has 1 rings (SSSR count). The predicted molar refractivity (Wildman–Crippen MR) is 72.5 cm³/mol. The lowest BCUT2D eigenvalue weighted by molar-refractivity contribution is -0.120. The van der Waals surface area contributed by atoms with Crippen molar-refractivity contribution in [2.24, 2.45) is 11.7 Å². The number of carbonyl (C=O) groups is 1. The minimum absolute atomic E-state index is 0.00776. The third kappa shape index (κ3) is 4.37. The Labute approximate surface area is 109 Å². The molecule has 0 aliphatic rings. The van der Waals surface area contributed by atoms with Crippen molar-refractivity contribution in [2.45, 2.75) is 26.3 Å². The van der Waals surface area contributed by atoms with E-state index in [2.05, 4.69) is 5.32 Å². The molecule has 0 spiro atoms. The summed E-state index contributed by atoms with van der Waals surface area (Å²) in [5, 5.41) is 2.84. The average Bonchev–Trinajstić information content (AvgIpc) is 2.36. The number of methoxy groups -OCH3 is 1. The minimum atomic E-state index is -0.0319. The molecule has 1 atom stereocenters. The Hall–Kier alpha value is -1.55. The SMILES string of the molecule is COc1ccccc1CC(=O)NCC(N)C(C)C. The Balaban J connectivity index is 2.49. The fourth-order valence-corrected chi connectivity index (χ4v) is 1.55. The van der Waals surface area contributed by atoms with Gasteiger partial charge in [-0.3, -0.25) is 4.79 Å². The molecule has 0 fully saturated rings. The zero-order chi connectivity index (χ0) is 13.5. The molecule has 4 nitrogen and oxygen atoms in total. The quantitative estimate of drug-likeness (QED) is 0.800. The van der Waals surface area contributed by atoms with Crippen LogP contribution in [0, 0.1) is 5.92 Å². The number of hydrogen-bond donors (Lipinski definition) is 2. The smallest absolute Gasteiger partial charge is 0.224 e. The summed E-state index contributed by atoms with van der Waals surface area (Å²) in [6, 6.07) is 7.51. The first-order valence-corrected chi connectivity index (χ1v) is 6.18. The van der Waals surface area contributed by atoms with Gasteiger partial charge in [0, 0.05) is 18.2 Å². The van der Waals surface area contributed by atoms with Crippen molar-refractivity contribution in [2.75, 3.05) is 13.7 Å². The topological polar surface area (TPSA) is 64.3 Å². The number of para-hydroxylation sites is 1. The van der Waals surface area contributed by atoms with E-state index < -0.39 is 0 Å². The third-order valence-corrected chi connectivity index (χ3v) is 2.93. The molecule has 3 N–H and O–H groups in total. The summed E-state index contributed by atoms with van der Waals surface area (Å²) in [6.45, 7) is 4.58. The van der Waals surface area contributed by atoms with E-state index in [0.717, 1.165) is 11.3 Å². The summed E-state index contributed by atoms with van der Waals surface area (Å²) >= 11 is 0. The molecule has 0 radical (unpaired) electrons. The van der Waals surface area contributed by atoms with Crippen molar-refractivity contribution in [3.63, 3.8) is 0 Å². The Morgan fingerprint density at radius 1 is 1.39 bits per heavy atom. The van der Waals surface area contributed by atoms with E-state index in [9.17, 15) is 4.79 Å². The molecule has 0 aliphatic heterocycles. The van der Waals surface area contributed by atoms with Crippen LogP contribution < -0.4 is 15.8 Å². The van der Waals surface area contributed by atoms with Crippen molar-refractivity contribution < 1.29 is 9.53 Å². The molecule has 1 aromatic carbocycles. The highest BCUT2D eigenvalue weighted by Gasteiger charge is 2.11. The van der Waals surface area contributed by atoms with Crippen molar-refractivity contribution in [1.82, 2.24) is 5.32 Å². The van der Waals surface area contributed by atoms with E-state index in [1.165, 1.54) is 0 Å². The molecule has 1 aromatic rings. The van der Waals surface area contributed by atoms with Crippen LogP contribution in [0.15, 0.2) is 24.3 Å². The first-order valence-electron chi connectivity index (χ1n) is 6.18. The van der Waals surface area contributed by atoms with Gasteiger partial charge in [-0.15, -0.1) is 0 Å². The Kier molecular flexibility index (Phi) is 5.65. The number of amides is 1. The van der Waals surface area contributed by atoms with Crippen LogP contribution in [0.25, 0.3) is 0 Å². The normalized spacial score (nSPS) is 12.3. The first kappa shape index (κ1) is 14.5. The van der Waals surface area contributed by atoms with Crippen LogP contribution in [0.2, 0.25) is 0 Å². The standard InChI is InChI=1S/C14H22N2O2/c1-10(2)12(15)9-16-14(17)8-11-6-4-5-7-13(11)18-3/h4-7,10,12H,8-9,15H2,1-3H3,(H,16,17). The maximum absolute atomic E-state index is 11.8. The second kappa shape index (κ2) is 7.01. The predicted octanol–water partition coefficient (Wildman–Crippen LogP) is 1.34. The molecular weight excluding hydrogens is 228 g/mol. The van der Waals surface area contributed by atoms with Gasteiger partial charge in [-0.25, -0.2) is 0 Å². The summed E-state index contributed by atoms with van der Waals surface area (Å²) in [4.78, 5) is 11.8. The maximum Gasteiger partial charge on any atom is 0.224 e. The average molecular weight is 250 g/mol. The molecule has 0 saturated carbocycles. The van der Waals surface area contributed by atoms with Gasteiger partial charge < -0.3 is 15.8 Å². The lowest BCUT2D eigenvalue weighted by Crippen LogP contribution is -2.40. The van der Waals surface area contributed by atoms with Crippen LogP contribution in [0.3, 0.4) is 0 Å². The van der Waals surface area contributed by atoms with Crippen LogP contribution in [-0.2, 0) is 11.2 Å². The summed E-state index contributed by atoms with van der Waals surface area (Å²) in [6.07, 6.45) is 0.314. The number of carbonyl (C=O) groups excluding carboxylic acids is 1. The molecule has 0 bridgehead atoms. The molecule has 4 heteroatoms. The zero-order valence-corrected chi connectivity index (χ0v) is 11.3. The van der Waals surface area contributed by atoms with Crippen LogP contribution in [-0.4, -0.2) is 25.6 Å². The number of nitrogens with two attached hydrogens (primary N) is 1. The van der Waals surface area contributed by atoms with Gasteiger partial charge in [0.15, 0.2) is 0 Å². The fourth-order valence-electron chi connectivity index (χ4n) is 1.55. The number of hydrogen-bond acceptors (Lipinski definition) is 3. The van der Waals surface area contributed by atoms with Crippen LogP contribution in [0.4, 0.5) is 0 Å². The van der Waals surface area contributed by atoms with Gasteiger partial charge in [-0.05, 0) is 12.0 Å². The maximum atomic E-state index is 11.8. The van der Waals surface area contributed by atoms with Gasteiger partial charge in [0.25, 0.3) is 0 Å². The van der Waals surface area contributed by atoms with Crippen LogP contribution in [0.5, 0.6) is 5.75 Å². The fraction of sp³-hybridized carbons (Fsp3) is 0.500. The highest BCUT2D eigenvalue weighted by atomic mass is 16.5. The molecule has 1 unspecified atom stereocenters. The van der Waals surface area contributed by atoms with Crippen LogP contribution in [0.1, 0.15) is 19.4 Å². The number of rotatable bonds is 6. The van der Waals surface area contributed by atoms with E-state index >= 15 is 0 Å². The summed E-state index contributed by atoms with van der Waals surface area (Å²) in [5.74, 6) is 1.06. The lowest BCUT2D eigenvalue weighted by atomic mass is 10.1. The number of benzene rings is 1. The molecular formula is C14H22N2O2. The van der Waals surface area contributed by atoms with E-state index in [-0.39, 0.29) is 11.9 Å². The van der Waals surface area contributed by atoms with Crippen molar-refractivity contribution >= 4 is 5.91 Å². The molecule has 0 heterocycles. The molecule has 0 aromatic heterocycles. The second-order valence-electron chi connectivity index (χ2n) is 4.70. The van der Waals surface area contributed by atoms with Crippen molar-refractivity contribution in [1.29, 1.82) is 0 Å². The molecule has 0 saturated heterocycles. The first-order chi connectivity index (χ1) is 8.54. The Bertz CT molecular complexity index is 391. The number of nitrogens with one attached hydrogen (secondary N) is 1. The highest BCUT2D eigenvalue weighted by molar-refractivity contribution is 5.79. The van der Waals surface area contributed by atoms with Gasteiger partial charge in [-0.1, -0.05) is 32.0 Å². The molecule has 1 amide bonds. The molecule has 18 heavy (non-hydrogen) atoms. The Morgan fingerprint density at radius 3 is 2.67 bits per heavy atom. The molecule has 100 valence electrons. The van der Waals surface area contributed by atoms with E-state index in [1.54, 1.807) is 7.11 Å². The van der Waals surface area contributed by atoms with Gasteiger partial charge in [0.05, 0.1) is 13.5 Å². The zero-order valence-electron chi connectivity index (χ0n) is 11.3. The van der Waals surface area contributed by atoms with E-state index in [0.29, 0.717) is 18.9 Å². The van der Waals surface area contributed by atoms with Gasteiger partial charge in [-0.2, -0.15) is 0 Å². The van der Waals surface area contributed by atoms with Crippen molar-refractivity contribution in [3.05, 3.63) is 29.8 Å². The monoisotopic (exact) mass is 250 g/mol. The lowest BCUT2D eigenvalue weighted by Gasteiger charge is -2.16. The summed E-state index contributed by atoms with van der Waals surface area (Å²) in [5.41, 5.74) is 6.76. The van der Waals surface area contributed by atoms with E-state index in [4.69, 9.17) is 10.5 Å². The molecule has 0 aliphatic carbocycles. The van der Waals surface area contributed by atoms with Gasteiger partial charge >= 0.3 is 0 Å². The highest BCUT2D eigenvalue weighted by Crippen LogP contribution is 2.17. The summed E-state index contributed by atoms with van der Waals surface area (Å²) < 4.78 is 5.21. The van der Waals surface area contributed by atoms with E-state index in [1.807, 2.05) is 38.1 Å². The number of ether oxygens (including phenoxy) is 1. The second-order valence-corrected chi connectivity index (χ2v) is 4.70. The minimum Gasteiger partial charge on any atom is -0.496 e. The van der Waals surface area contributed by atoms with Gasteiger partial charge in [0.2, 0.25) is 5.91 Å². The van der Waals surface area contributed by atoms with Gasteiger partial charge in [0.1, 0.15) is 5.75 Å². The van der Waals surface area contributed by atoms with Crippen LogP contribution >= 0.6 is 0 Å². The third-order valence-electron chi connectivity index (χ3n) is 2.93. The van der Waals surface area contributed by atoms with Crippen molar-refractivity contribution in [3.8, 4) is 5.75 Å².